The van der Waals surface area contributed by atoms with Crippen LogP contribution in [0, 0.1) is 11.3 Å². The molecule has 1 saturated carbocycles. The summed E-state index contributed by atoms with van der Waals surface area (Å²) in [6.45, 7) is 2.36. The van der Waals surface area contributed by atoms with Crippen molar-refractivity contribution in [1.82, 2.24) is 0 Å². The van der Waals surface area contributed by atoms with Crippen molar-refractivity contribution in [2.45, 2.75) is 39.0 Å². The van der Waals surface area contributed by atoms with E-state index in [0.29, 0.717) is 5.92 Å². The molecule has 1 aliphatic rings. The predicted molar refractivity (Wildman–Crippen MR) is 47.8 cm³/mol. The monoisotopic (exact) mass is 170 g/mol. The molecule has 2 unspecified atom stereocenters. The van der Waals surface area contributed by atoms with Gasteiger partial charge < -0.3 is 9.90 Å². The lowest BCUT2D eigenvalue weighted by Gasteiger charge is -2.26. The maximum atomic E-state index is 11.0. The first-order chi connectivity index (χ1) is 5.75. The molecule has 70 valence electrons. The number of rotatable bonds is 4. The van der Waals surface area contributed by atoms with Crippen molar-refractivity contribution in [2.75, 3.05) is 6.61 Å². The number of hydrogen-bond acceptors (Lipinski definition) is 2. The Morgan fingerprint density at radius 3 is 2.83 bits per heavy atom. The quantitative estimate of drug-likeness (QED) is 0.653. The molecule has 1 N–H and O–H groups in total. The van der Waals surface area contributed by atoms with E-state index in [2.05, 4.69) is 6.92 Å². The standard InChI is InChI=1S/C10H18O2/c1-9-4-2-5-10(9,8-12)6-3-7-11/h8-9,11H,2-7H2,1H3. The molecular formula is C10H18O2. The summed E-state index contributed by atoms with van der Waals surface area (Å²) >= 11 is 0. The highest BCUT2D eigenvalue weighted by atomic mass is 16.2. The summed E-state index contributed by atoms with van der Waals surface area (Å²) in [5.74, 6) is 0.515. The molecule has 2 nitrogen and oxygen atoms in total. The van der Waals surface area contributed by atoms with E-state index < -0.39 is 0 Å². The largest absolute Gasteiger partial charge is 0.396 e. The zero-order valence-electron chi connectivity index (χ0n) is 7.75. The zero-order valence-corrected chi connectivity index (χ0v) is 7.75. The van der Waals surface area contributed by atoms with Crippen molar-refractivity contribution in [2.24, 2.45) is 11.3 Å². The molecule has 0 saturated heterocycles. The summed E-state index contributed by atoms with van der Waals surface area (Å²) in [4.78, 5) is 11.0. The average molecular weight is 170 g/mol. The van der Waals surface area contributed by atoms with Gasteiger partial charge in [0, 0.05) is 12.0 Å². The lowest BCUT2D eigenvalue weighted by atomic mass is 9.76. The van der Waals surface area contributed by atoms with Crippen LogP contribution in [0.2, 0.25) is 0 Å². The van der Waals surface area contributed by atoms with Crippen molar-refractivity contribution < 1.29 is 9.90 Å². The van der Waals surface area contributed by atoms with Crippen LogP contribution in [0.4, 0.5) is 0 Å². The molecule has 0 amide bonds. The van der Waals surface area contributed by atoms with Crippen LogP contribution in [0.5, 0.6) is 0 Å². The SMILES string of the molecule is CC1CCCC1(C=O)CCCO. The highest BCUT2D eigenvalue weighted by Crippen LogP contribution is 2.44. The maximum Gasteiger partial charge on any atom is 0.126 e. The van der Waals surface area contributed by atoms with Crippen LogP contribution in [0.1, 0.15) is 39.0 Å². The van der Waals surface area contributed by atoms with Crippen molar-refractivity contribution in [1.29, 1.82) is 0 Å². The van der Waals surface area contributed by atoms with Crippen molar-refractivity contribution >= 4 is 6.29 Å². The van der Waals surface area contributed by atoms with Crippen LogP contribution in [0.15, 0.2) is 0 Å². The minimum atomic E-state index is -0.0945. The number of aldehydes is 1. The van der Waals surface area contributed by atoms with Gasteiger partial charge in [-0.1, -0.05) is 13.3 Å². The van der Waals surface area contributed by atoms with E-state index in [4.69, 9.17) is 5.11 Å². The Morgan fingerprint density at radius 1 is 1.67 bits per heavy atom. The van der Waals surface area contributed by atoms with Crippen molar-refractivity contribution in [3.05, 3.63) is 0 Å². The smallest absolute Gasteiger partial charge is 0.126 e. The lowest BCUT2D eigenvalue weighted by molar-refractivity contribution is -0.118. The molecule has 0 aromatic rings. The third-order valence-electron chi connectivity index (χ3n) is 3.30. The van der Waals surface area contributed by atoms with Gasteiger partial charge in [-0.3, -0.25) is 0 Å². The van der Waals surface area contributed by atoms with Crippen LogP contribution < -0.4 is 0 Å². The predicted octanol–water partition coefficient (Wildman–Crippen LogP) is 1.76. The lowest BCUT2D eigenvalue weighted by Crippen LogP contribution is -2.25. The number of aliphatic hydroxyl groups excluding tert-OH is 1. The zero-order chi connectivity index (χ0) is 9.03. The van der Waals surface area contributed by atoms with Gasteiger partial charge in [0.2, 0.25) is 0 Å². The van der Waals surface area contributed by atoms with Crippen LogP contribution >= 0.6 is 0 Å². The van der Waals surface area contributed by atoms with Gasteiger partial charge in [0.25, 0.3) is 0 Å². The van der Waals surface area contributed by atoms with E-state index in [-0.39, 0.29) is 12.0 Å². The first kappa shape index (κ1) is 9.72. The van der Waals surface area contributed by atoms with Crippen molar-refractivity contribution in [3.8, 4) is 0 Å². The van der Waals surface area contributed by atoms with E-state index in [1.54, 1.807) is 0 Å². The molecule has 0 aliphatic heterocycles. The number of carbonyl (C=O) groups is 1. The molecule has 12 heavy (non-hydrogen) atoms. The molecule has 0 heterocycles. The van der Waals surface area contributed by atoms with Gasteiger partial charge in [0.05, 0.1) is 0 Å². The molecule has 0 radical (unpaired) electrons. The molecule has 1 aliphatic carbocycles. The van der Waals surface area contributed by atoms with Gasteiger partial charge in [0.15, 0.2) is 0 Å². The van der Waals surface area contributed by atoms with Crippen LogP contribution in [0.3, 0.4) is 0 Å². The fourth-order valence-corrected chi connectivity index (χ4v) is 2.28. The Labute approximate surface area is 74.0 Å². The molecule has 0 spiro atoms. The van der Waals surface area contributed by atoms with Gasteiger partial charge >= 0.3 is 0 Å². The summed E-state index contributed by atoms with van der Waals surface area (Å²) in [5.41, 5.74) is -0.0945. The van der Waals surface area contributed by atoms with Crippen molar-refractivity contribution in [3.63, 3.8) is 0 Å². The minimum absolute atomic E-state index is 0.0945. The summed E-state index contributed by atoms with van der Waals surface area (Å²) in [6.07, 6.45) is 6.13. The van der Waals surface area contributed by atoms with E-state index in [1.165, 1.54) is 12.8 Å². The summed E-state index contributed by atoms with van der Waals surface area (Å²) in [5, 5.41) is 8.71. The van der Waals surface area contributed by atoms with E-state index >= 15 is 0 Å². The molecule has 2 atom stereocenters. The maximum absolute atomic E-state index is 11.0. The minimum Gasteiger partial charge on any atom is -0.396 e. The number of hydrogen-bond donors (Lipinski definition) is 1. The van der Waals surface area contributed by atoms with Gasteiger partial charge in [-0.15, -0.1) is 0 Å². The molecule has 2 heteroatoms. The van der Waals surface area contributed by atoms with Gasteiger partial charge in [-0.25, -0.2) is 0 Å². The number of carbonyl (C=O) groups excluding carboxylic acids is 1. The van der Waals surface area contributed by atoms with Gasteiger partial charge in [-0.2, -0.15) is 0 Å². The highest BCUT2D eigenvalue weighted by Gasteiger charge is 2.39. The van der Waals surface area contributed by atoms with Gasteiger partial charge in [0.1, 0.15) is 6.29 Å². The van der Waals surface area contributed by atoms with Crippen LogP contribution in [-0.2, 0) is 4.79 Å². The molecule has 1 fully saturated rings. The first-order valence-corrected chi connectivity index (χ1v) is 4.82. The number of aliphatic hydroxyl groups is 1. The second-order valence-corrected chi connectivity index (χ2v) is 3.97. The average Bonchev–Trinajstić information content (AvgIpc) is 2.45. The first-order valence-electron chi connectivity index (χ1n) is 4.82. The topological polar surface area (TPSA) is 37.3 Å². The summed E-state index contributed by atoms with van der Waals surface area (Å²) < 4.78 is 0. The molecule has 0 aromatic carbocycles. The third kappa shape index (κ3) is 1.69. The summed E-state index contributed by atoms with van der Waals surface area (Å²) in [6, 6.07) is 0. The Hall–Kier alpha value is -0.370. The Balaban J connectivity index is 2.55. The van der Waals surface area contributed by atoms with Crippen LogP contribution in [0.25, 0.3) is 0 Å². The molecular weight excluding hydrogens is 152 g/mol. The fourth-order valence-electron chi connectivity index (χ4n) is 2.28. The molecule has 0 bridgehead atoms. The van der Waals surface area contributed by atoms with E-state index in [0.717, 1.165) is 25.5 Å². The third-order valence-corrected chi connectivity index (χ3v) is 3.30. The molecule has 1 rings (SSSR count). The Kier molecular flexibility index (Phi) is 3.27. The van der Waals surface area contributed by atoms with Crippen LogP contribution in [-0.4, -0.2) is 18.0 Å². The Morgan fingerprint density at radius 2 is 2.42 bits per heavy atom. The second kappa shape index (κ2) is 4.04. The second-order valence-electron chi connectivity index (χ2n) is 3.97. The Bertz CT molecular complexity index is 156. The fraction of sp³-hybridized carbons (Fsp3) is 0.900. The molecule has 0 aromatic heterocycles. The van der Waals surface area contributed by atoms with E-state index in [1.807, 2.05) is 0 Å². The van der Waals surface area contributed by atoms with E-state index in [9.17, 15) is 4.79 Å². The highest BCUT2D eigenvalue weighted by molar-refractivity contribution is 5.60. The summed E-state index contributed by atoms with van der Waals surface area (Å²) in [7, 11) is 0. The normalized spacial score (nSPS) is 35.3. The van der Waals surface area contributed by atoms with Gasteiger partial charge in [-0.05, 0) is 31.6 Å².